The number of hydrogen-bond acceptors (Lipinski definition) is 5. The number of unbranched alkanes of at least 4 members (excludes halogenated alkanes) is 37. The van der Waals surface area contributed by atoms with Crippen LogP contribution in [0, 0.1) is 0 Å². The second kappa shape index (κ2) is 48.0. The van der Waals surface area contributed by atoms with Crippen LogP contribution in [0.1, 0.15) is 277 Å². The van der Waals surface area contributed by atoms with E-state index in [4.69, 9.17) is 9.05 Å². The molecule has 0 saturated carbocycles. The van der Waals surface area contributed by atoms with Gasteiger partial charge in [0.1, 0.15) is 13.2 Å². The lowest BCUT2D eigenvalue weighted by Gasteiger charge is -2.25. The first kappa shape index (κ1) is 64.0. The normalized spacial score (nSPS) is 14.1. The van der Waals surface area contributed by atoms with Crippen molar-refractivity contribution in [1.29, 1.82) is 0 Å². The fourth-order valence-electron chi connectivity index (χ4n) is 8.45. The third-order valence-corrected chi connectivity index (χ3v) is 13.9. The lowest BCUT2D eigenvalue weighted by atomic mass is 10.0. The molecule has 0 aromatic heterocycles. The van der Waals surface area contributed by atoms with Gasteiger partial charge in [0.2, 0.25) is 5.91 Å². The number of amides is 1. The highest BCUT2D eigenvalue weighted by Gasteiger charge is 2.27. The maximum absolute atomic E-state index is 12.9. The van der Waals surface area contributed by atoms with Gasteiger partial charge in [0, 0.05) is 6.42 Å². The number of hydrogen-bond donors (Lipinski definition) is 3. The minimum Gasteiger partial charge on any atom is -0.387 e. The molecular formula is C56H112N2O6P+. The van der Waals surface area contributed by atoms with Crippen molar-refractivity contribution in [2.75, 3.05) is 40.9 Å². The summed E-state index contributed by atoms with van der Waals surface area (Å²) in [4.78, 5) is 23.2. The smallest absolute Gasteiger partial charge is 0.387 e. The van der Waals surface area contributed by atoms with Crippen molar-refractivity contribution < 1.29 is 32.9 Å². The Labute approximate surface area is 404 Å². The summed E-state index contributed by atoms with van der Waals surface area (Å²) in [6, 6.07) is -0.844. The van der Waals surface area contributed by atoms with Crippen molar-refractivity contribution in [3.8, 4) is 0 Å². The van der Waals surface area contributed by atoms with E-state index < -0.39 is 20.0 Å². The molecular weight excluding hydrogens is 828 g/mol. The van der Waals surface area contributed by atoms with Crippen LogP contribution < -0.4 is 5.32 Å². The Balaban J connectivity index is 4.09. The van der Waals surface area contributed by atoms with Crippen molar-refractivity contribution in [3.05, 3.63) is 24.3 Å². The SMILES string of the molecule is CCCCCCCCCCCCCC/C=C\CCCCCCCCCCCCCCCC(=O)NC(COP(=O)(O)OCC[N+](C)(C)C)C(O)/C=C/CCCCCCCCCCCCCC. The molecule has 0 rings (SSSR count). The van der Waals surface area contributed by atoms with Crippen LogP contribution in [0.25, 0.3) is 0 Å². The summed E-state index contributed by atoms with van der Waals surface area (Å²) in [5, 5.41) is 13.9. The molecule has 65 heavy (non-hydrogen) atoms. The Bertz CT molecular complexity index is 1110. The van der Waals surface area contributed by atoms with Crippen molar-refractivity contribution in [1.82, 2.24) is 5.32 Å². The summed E-state index contributed by atoms with van der Waals surface area (Å²) in [5.41, 5.74) is 0. The molecule has 3 atom stereocenters. The average molecular weight is 940 g/mol. The highest BCUT2D eigenvalue weighted by atomic mass is 31.2. The number of phosphoric acid groups is 1. The number of allylic oxidation sites excluding steroid dienone is 3. The molecule has 0 aromatic rings. The quantitative estimate of drug-likeness (QED) is 0.0243. The van der Waals surface area contributed by atoms with E-state index >= 15 is 0 Å². The van der Waals surface area contributed by atoms with Crippen LogP contribution >= 0.6 is 7.82 Å². The number of nitrogens with one attached hydrogen (secondary N) is 1. The Morgan fingerprint density at radius 2 is 0.831 bits per heavy atom. The lowest BCUT2D eigenvalue weighted by Crippen LogP contribution is -2.45. The molecule has 1 amide bonds. The van der Waals surface area contributed by atoms with Gasteiger partial charge in [0.05, 0.1) is 39.9 Å². The van der Waals surface area contributed by atoms with Crippen molar-refractivity contribution in [3.63, 3.8) is 0 Å². The monoisotopic (exact) mass is 940 g/mol. The summed E-state index contributed by atoms with van der Waals surface area (Å²) in [6.45, 7) is 4.84. The van der Waals surface area contributed by atoms with Crippen molar-refractivity contribution in [2.24, 2.45) is 0 Å². The second-order valence-corrected chi connectivity index (χ2v) is 22.1. The van der Waals surface area contributed by atoms with Gasteiger partial charge in [-0.15, -0.1) is 0 Å². The van der Waals surface area contributed by atoms with Gasteiger partial charge in [-0.05, 0) is 44.9 Å². The largest absolute Gasteiger partial charge is 0.472 e. The zero-order chi connectivity index (χ0) is 47.8. The molecule has 0 bridgehead atoms. The third-order valence-electron chi connectivity index (χ3n) is 12.9. The predicted octanol–water partition coefficient (Wildman–Crippen LogP) is 16.8. The first-order valence-corrected chi connectivity index (χ1v) is 29.7. The number of carbonyl (C=O) groups excluding carboxylic acids is 1. The zero-order valence-electron chi connectivity index (χ0n) is 44.0. The number of nitrogens with zero attached hydrogens (tertiary/aromatic N) is 1. The van der Waals surface area contributed by atoms with E-state index in [-0.39, 0.29) is 19.1 Å². The highest BCUT2D eigenvalue weighted by Crippen LogP contribution is 2.43. The Kier molecular flexibility index (Phi) is 47.3. The van der Waals surface area contributed by atoms with Gasteiger partial charge in [0.15, 0.2) is 0 Å². The molecule has 3 N–H and O–H groups in total. The Hall–Kier alpha value is -1.02. The molecule has 386 valence electrons. The molecule has 0 radical (unpaired) electrons. The van der Waals surface area contributed by atoms with Crippen molar-refractivity contribution >= 4 is 13.7 Å². The minimum atomic E-state index is -4.34. The molecule has 0 aromatic carbocycles. The van der Waals surface area contributed by atoms with Gasteiger partial charge in [0.25, 0.3) is 0 Å². The Morgan fingerprint density at radius 1 is 0.508 bits per heavy atom. The van der Waals surface area contributed by atoms with Gasteiger partial charge in [-0.25, -0.2) is 4.57 Å². The molecule has 3 unspecified atom stereocenters. The summed E-state index contributed by atoms with van der Waals surface area (Å²) in [5.74, 6) is -0.174. The minimum absolute atomic E-state index is 0.0633. The van der Waals surface area contributed by atoms with Crippen molar-refractivity contribution in [2.45, 2.75) is 289 Å². The van der Waals surface area contributed by atoms with E-state index in [0.717, 1.165) is 38.5 Å². The van der Waals surface area contributed by atoms with Gasteiger partial charge in [-0.3, -0.25) is 13.8 Å². The van der Waals surface area contributed by atoms with E-state index in [0.29, 0.717) is 17.4 Å². The lowest BCUT2D eigenvalue weighted by molar-refractivity contribution is -0.870. The van der Waals surface area contributed by atoms with Crippen LogP contribution in [-0.2, 0) is 18.4 Å². The fourth-order valence-corrected chi connectivity index (χ4v) is 9.19. The fraction of sp³-hybridized carbons (Fsp3) is 0.911. The van der Waals surface area contributed by atoms with Crippen LogP contribution in [0.4, 0.5) is 0 Å². The molecule has 0 saturated heterocycles. The molecule has 0 fully saturated rings. The Morgan fingerprint density at radius 3 is 1.18 bits per heavy atom. The van der Waals surface area contributed by atoms with E-state index in [2.05, 4.69) is 31.3 Å². The van der Waals surface area contributed by atoms with Gasteiger partial charge in [-0.1, -0.05) is 250 Å². The number of rotatable bonds is 52. The van der Waals surface area contributed by atoms with Crippen LogP contribution in [0.2, 0.25) is 0 Å². The maximum atomic E-state index is 12.9. The number of aliphatic hydroxyl groups excluding tert-OH is 1. The first-order chi connectivity index (χ1) is 31.5. The van der Waals surface area contributed by atoms with Crippen LogP contribution in [0.3, 0.4) is 0 Å². The molecule has 8 nitrogen and oxygen atoms in total. The standard InChI is InChI=1S/C56H111N2O6P/c1-6-8-10-12-14-16-18-20-22-23-24-25-26-27-28-29-30-31-32-33-34-35-36-38-40-42-44-46-48-50-56(60)57-54(53-64-65(61,62)63-52-51-58(3,4)5)55(59)49-47-45-43-41-39-37-21-19-17-15-13-11-9-7-2/h27-28,47,49,54-55,59H,6-26,29-46,48,50-53H2,1-5H3,(H-,57,60,61,62)/p+1/b28-27-,49-47+. The van der Waals surface area contributed by atoms with Crippen LogP contribution in [0.5, 0.6) is 0 Å². The molecule has 0 spiro atoms. The second-order valence-electron chi connectivity index (χ2n) is 20.7. The average Bonchev–Trinajstić information content (AvgIpc) is 3.26. The maximum Gasteiger partial charge on any atom is 0.472 e. The first-order valence-electron chi connectivity index (χ1n) is 28.2. The summed E-state index contributed by atoms with van der Waals surface area (Å²) in [6.07, 6.45) is 59.9. The number of likely N-dealkylation sites (N-methyl/N-ethyl adjacent to an activating group) is 1. The summed E-state index contributed by atoms with van der Waals surface area (Å²) >= 11 is 0. The van der Waals surface area contributed by atoms with E-state index in [1.54, 1.807) is 6.08 Å². The zero-order valence-corrected chi connectivity index (χ0v) is 44.9. The van der Waals surface area contributed by atoms with Crippen LogP contribution in [-0.4, -0.2) is 73.4 Å². The third kappa shape index (κ3) is 50.7. The van der Waals surface area contributed by atoms with Gasteiger partial charge in [-0.2, -0.15) is 0 Å². The molecule has 0 aliphatic rings. The highest BCUT2D eigenvalue weighted by molar-refractivity contribution is 7.47. The number of phosphoric ester groups is 1. The number of aliphatic hydroxyl groups is 1. The predicted molar refractivity (Wildman–Crippen MR) is 281 cm³/mol. The summed E-state index contributed by atoms with van der Waals surface area (Å²) < 4.78 is 23.7. The molecule has 0 heterocycles. The van der Waals surface area contributed by atoms with Gasteiger partial charge < -0.3 is 19.8 Å². The summed E-state index contributed by atoms with van der Waals surface area (Å²) in [7, 11) is 1.58. The number of quaternary nitrogens is 1. The number of carbonyl (C=O) groups is 1. The topological polar surface area (TPSA) is 105 Å². The molecule has 9 heteroatoms. The van der Waals surface area contributed by atoms with Crippen LogP contribution in [0.15, 0.2) is 24.3 Å². The van der Waals surface area contributed by atoms with E-state index in [1.807, 2.05) is 27.2 Å². The molecule has 0 aliphatic carbocycles. The molecule has 0 aliphatic heterocycles. The van der Waals surface area contributed by atoms with E-state index in [9.17, 15) is 19.4 Å². The van der Waals surface area contributed by atoms with Gasteiger partial charge >= 0.3 is 7.82 Å². The van der Waals surface area contributed by atoms with E-state index in [1.165, 1.54) is 218 Å².